The van der Waals surface area contributed by atoms with E-state index < -0.39 is 17.7 Å². The van der Waals surface area contributed by atoms with Crippen molar-refractivity contribution in [2.24, 2.45) is 0 Å². The zero-order valence-corrected chi connectivity index (χ0v) is 17.7. The van der Waals surface area contributed by atoms with Crippen LogP contribution in [-0.4, -0.2) is 64.6 Å². The molecule has 1 atom stereocenters. The maximum absolute atomic E-state index is 13.1. The molecule has 1 N–H and O–H groups in total. The molecule has 4 heterocycles. The highest BCUT2D eigenvalue weighted by molar-refractivity contribution is 6.46. The minimum absolute atomic E-state index is 0.0699. The van der Waals surface area contributed by atoms with Gasteiger partial charge in [0.05, 0.1) is 11.6 Å². The number of amides is 1. The van der Waals surface area contributed by atoms with Crippen molar-refractivity contribution in [3.63, 3.8) is 0 Å². The first-order chi connectivity index (χ1) is 15.6. The summed E-state index contributed by atoms with van der Waals surface area (Å²) >= 11 is 0. The molecule has 1 aromatic carbocycles. The van der Waals surface area contributed by atoms with Crippen molar-refractivity contribution in [2.45, 2.75) is 25.3 Å². The number of ether oxygens (including phenoxy) is 2. The van der Waals surface area contributed by atoms with Crippen molar-refractivity contribution in [2.75, 3.05) is 33.0 Å². The number of piperidine rings is 1. The van der Waals surface area contributed by atoms with Crippen molar-refractivity contribution in [3.05, 3.63) is 59.4 Å². The molecule has 8 heteroatoms. The largest absolute Gasteiger partial charge is 0.507 e. The van der Waals surface area contributed by atoms with Crippen LogP contribution in [0.15, 0.2) is 48.3 Å². The maximum Gasteiger partial charge on any atom is 0.295 e. The van der Waals surface area contributed by atoms with Crippen LogP contribution >= 0.6 is 0 Å². The van der Waals surface area contributed by atoms with Crippen molar-refractivity contribution < 1.29 is 24.2 Å². The Balaban J connectivity index is 1.52. The van der Waals surface area contributed by atoms with Crippen LogP contribution in [0.2, 0.25) is 0 Å². The molecule has 3 aliphatic heterocycles. The van der Waals surface area contributed by atoms with Crippen LogP contribution in [-0.2, 0) is 9.59 Å². The number of carbonyl (C=O) groups excluding carboxylic acids is 2. The molecule has 2 aromatic rings. The Labute approximate surface area is 186 Å². The van der Waals surface area contributed by atoms with Gasteiger partial charge in [-0.05, 0) is 55.8 Å². The molecule has 0 radical (unpaired) electrons. The summed E-state index contributed by atoms with van der Waals surface area (Å²) in [5.74, 6) is -0.444. The second kappa shape index (κ2) is 8.63. The molecule has 0 saturated carbocycles. The topological polar surface area (TPSA) is 92.2 Å². The Morgan fingerprint density at radius 1 is 1.06 bits per heavy atom. The average Bonchev–Trinajstić information content (AvgIpc) is 3.40. The number of Topliss-reactive ketones (excluding diaryl/α,β-unsaturated/α-hetero) is 1. The van der Waals surface area contributed by atoms with E-state index in [1.807, 2.05) is 6.07 Å². The van der Waals surface area contributed by atoms with E-state index in [0.717, 1.165) is 25.9 Å². The van der Waals surface area contributed by atoms with Gasteiger partial charge in [-0.15, -0.1) is 0 Å². The first-order valence-electron chi connectivity index (χ1n) is 10.9. The number of ketones is 1. The minimum atomic E-state index is -0.695. The lowest BCUT2D eigenvalue weighted by Gasteiger charge is -2.30. The Kier molecular flexibility index (Phi) is 5.53. The van der Waals surface area contributed by atoms with E-state index >= 15 is 0 Å². The summed E-state index contributed by atoms with van der Waals surface area (Å²) in [6.45, 7) is 3.20. The fourth-order valence-corrected chi connectivity index (χ4v) is 4.63. The first kappa shape index (κ1) is 20.5. The summed E-state index contributed by atoms with van der Waals surface area (Å²) in [7, 11) is 0. The lowest BCUT2D eigenvalue weighted by molar-refractivity contribution is -0.140. The van der Waals surface area contributed by atoms with Gasteiger partial charge in [-0.2, -0.15) is 0 Å². The number of nitrogens with zero attached hydrogens (tertiary/aromatic N) is 3. The summed E-state index contributed by atoms with van der Waals surface area (Å²) in [6, 6.07) is 7.86. The standard InChI is InChI=1S/C24H25N3O5/c28-22(16-6-7-18-19(13-16)32-15-31-18)20-21(17-5-4-8-25-14-17)27(24(30)23(20)29)12-11-26-9-2-1-3-10-26/h4-8,13-14,21,28H,1-3,9-12,15H2/b22-20+. The molecule has 3 aliphatic rings. The van der Waals surface area contributed by atoms with Crippen LogP contribution < -0.4 is 9.47 Å². The predicted molar refractivity (Wildman–Crippen MR) is 116 cm³/mol. The van der Waals surface area contributed by atoms with Crippen LogP contribution in [0.3, 0.4) is 0 Å². The van der Waals surface area contributed by atoms with Crippen LogP contribution in [0.25, 0.3) is 5.76 Å². The molecular formula is C24H25N3O5. The number of carbonyl (C=O) groups is 2. The quantitative estimate of drug-likeness (QED) is 0.439. The highest BCUT2D eigenvalue weighted by Gasteiger charge is 2.46. The Bertz CT molecular complexity index is 1060. The summed E-state index contributed by atoms with van der Waals surface area (Å²) in [4.78, 5) is 34.2. The zero-order chi connectivity index (χ0) is 22.1. The number of likely N-dealkylation sites (tertiary alicyclic amines) is 2. The summed E-state index contributed by atoms with van der Waals surface area (Å²) < 4.78 is 10.7. The second-order valence-corrected chi connectivity index (χ2v) is 8.25. The highest BCUT2D eigenvalue weighted by Crippen LogP contribution is 2.41. The average molecular weight is 435 g/mol. The van der Waals surface area contributed by atoms with Crippen molar-refractivity contribution in [3.8, 4) is 11.5 Å². The van der Waals surface area contributed by atoms with E-state index in [1.165, 1.54) is 6.42 Å². The van der Waals surface area contributed by atoms with Crippen LogP contribution in [0.5, 0.6) is 11.5 Å². The number of aliphatic hydroxyl groups excluding tert-OH is 1. The zero-order valence-electron chi connectivity index (χ0n) is 17.7. The number of aliphatic hydroxyl groups is 1. The number of fused-ring (bicyclic) bond motifs is 1. The minimum Gasteiger partial charge on any atom is -0.507 e. The molecule has 166 valence electrons. The van der Waals surface area contributed by atoms with E-state index in [9.17, 15) is 14.7 Å². The molecular weight excluding hydrogens is 410 g/mol. The molecule has 1 aromatic heterocycles. The third kappa shape index (κ3) is 3.71. The molecule has 0 bridgehead atoms. The normalized spacial score (nSPS) is 22.5. The Morgan fingerprint density at radius 3 is 2.66 bits per heavy atom. The van der Waals surface area contributed by atoms with Gasteiger partial charge in [0.25, 0.3) is 11.7 Å². The van der Waals surface area contributed by atoms with Gasteiger partial charge >= 0.3 is 0 Å². The number of benzene rings is 1. The van der Waals surface area contributed by atoms with E-state index in [1.54, 1.807) is 41.6 Å². The number of hydrogen-bond acceptors (Lipinski definition) is 7. The Morgan fingerprint density at radius 2 is 1.88 bits per heavy atom. The fraction of sp³-hybridized carbons (Fsp3) is 0.375. The number of aromatic nitrogens is 1. The molecule has 2 fully saturated rings. The highest BCUT2D eigenvalue weighted by atomic mass is 16.7. The van der Waals surface area contributed by atoms with Gasteiger partial charge in [0, 0.05) is 31.0 Å². The van der Waals surface area contributed by atoms with Gasteiger partial charge in [0.2, 0.25) is 6.79 Å². The molecule has 0 spiro atoms. The lowest BCUT2D eigenvalue weighted by Crippen LogP contribution is -2.40. The van der Waals surface area contributed by atoms with E-state index in [4.69, 9.17) is 9.47 Å². The third-order valence-electron chi connectivity index (χ3n) is 6.29. The first-order valence-corrected chi connectivity index (χ1v) is 10.9. The van der Waals surface area contributed by atoms with Gasteiger partial charge in [-0.25, -0.2) is 0 Å². The monoisotopic (exact) mass is 435 g/mol. The maximum atomic E-state index is 13.1. The second-order valence-electron chi connectivity index (χ2n) is 8.25. The van der Waals surface area contributed by atoms with Crippen LogP contribution in [0.1, 0.15) is 36.4 Å². The number of rotatable bonds is 5. The molecule has 5 rings (SSSR count). The molecule has 1 unspecified atom stereocenters. The van der Waals surface area contributed by atoms with E-state index in [2.05, 4.69) is 9.88 Å². The number of hydrogen-bond donors (Lipinski definition) is 1. The third-order valence-corrected chi connectivity index (χ3v) is 6.29. The fourth-order valence-electron chi connectivity index (χ4n) is 4.63. The molecule has 1 amide bonds. The van der Waals surface area contributed by atoms with Crippen LogP contribution in [0.4, 0.5) is 0 Å². The Hall–Kier alpha value is -3.39. The van der Waals surface area contributed by atoms with Gasteiger partial charge < -0.3 is 24.4 Å². The number of pyridine rings is 1. The summed E-state index contributed by atoms with van der Waals surface area (Å²) in [5, 5.41) is 11.2. The van der Waals surface area contributed by atoms with Crippen molar-refractivity contribution in [1.29, 1.82) is 0 Å². The molecule has 0 aliphatic carbocycles. The predicted octanol–water partition coefficient (Wildman–Crippen LogP) is 2.72. The SMILES string of the molecule is O=C1C(=O)N(CCN2CCCCC2)C(c2cccnc2)/C1=C(\O)c1ccc2c(c1)OCO2. The van der Waals surface area contributed by atoms with Gasteiger partial charge in [0.15, 0.2) is 11.5 Å². The summed E-state index contributed by atoms with van der Waals surface area (Å²) in [5.41, 5.74) is 1.16. The van der Waals surface area contributed by atoms with Crippen LogP contribution in [0, 0.1) is 0 Å². The molecule has 2 saturated heterocycles. The van der Waals surface area contributed by atoms with Crippen molar-refractivity contribution >= 4 is 17.4 Å². The molecule has 32 heavy (non-hydrogen) atoms. The molecule has 8 nitrogen and oxygen atoms in total. The lowest BCUT2D eigenvalue weighted by atomic mass is 9.96. The van der Waals surface area contributed by atoms with Gasteiger partial charge in [-0.3, -0.25) is 14.6 Å². The van der Waals surface area contributed by atoms with E-state index in [0.29, 0.717) is 35.7 Å². The van der Waals surface area contributed by atoms with Gasteiger partial charge in [0.1, 0.15) is 5.76 Å². The van der Waals surface area contributed by atoms with Crippen molar-refractivity contribution in [1.82, 2.24) is 14.8 Å². The van der Waals surface area contributed by atoms with E-state index in [-0.39, 0.29) is 18.1 Å². The smallest absolute Gasteiger partial charge is 0.295 e. The summed E-state index contributed by atoms with van der Waals surface area (Å²) in [6.07, 6.45) is 6.80. The van der Waals surface area contributed by atoms with Gasteiger partial charge in [-0.1, -0.05) is 12.5 Å².